The van der Waals surface area contributed by atoms with E-state index in [2.05, 4.69) is 22.1 Å². The van der Waals surface area contributed by atoms with Crippen molar-refractivity contribution in [3.63, 3.8) is 0 Å². The van der Waals surface area contributed by atoms with Gasteiger partial charge in [0.1, 0.15) is 12.2 Å². The van der Waals surface area contributed by atoms with Gasteiger partial charge >= 0.3 is 5.97 Å². The highest BCUT2D eigenvalue weighted by atomic mass is 16.5. The van der Waals surface area contributed by atoms with Gasteiger partial charge in [-0.25, -0.2) is 4.79 Å². The Hall–Kier alpha value is -1.69. The number of rotatable bonds is 6. The van der Waals surface area contributed by atoms with Crippen LogP contribution in [0.1, 0.15) is 12.7 Å². The number of hydrogen-bond donors (Lipinski definition) is 1. The summed E-state index contributed by atoms with van der Waals surface area (Å²) in [5.41, 5.74) is 0.406. The van der Waals surface area contributed by atoms with Crippen LogP contribution in [0.2, 0.25) is 0 Å². The number of nitrogens with one attached hydrogen (secondary N) is 1. The van der Waals surface area contributed by atoms with Gasteiger partial charge in [-0.05, 0) is 6.92 Å². The maximum atomic E-state index is 11.2. The third kappa shape index (κ3) is 3.47. The Balaban J connectivity index is 2.28. The van der Waals surface area contributed by atoms with E-state index < -0.39 is 0 Å². The first-order chi connectivity index (χ1) is 7.65. The Kier molecular flexibility index (Phi) is 4.65. The van der Waals surface area contributed by atoms with Gasteiger partial charge < -0.3 is 14.6 Å². The average molecular weight is 224 g/mol. The van der Waals surface area contributed by atoms with Gasteiger partial charge in [-0.3, -0.25) is 0 Å². The van der Waals surface area contributed by atoms with E-state index in [-0.39, 0.29) is 5.97 Å². The molecule has 0 aliphatic rings. The summed E-state index contributed by atoms with van der Waals surface area (Å²) in [5, 5.41) is 10.7. The molecule has 0 bridgehead atoms. The topological polar surface area (TPSA) is 69.0 Å². The molecule has 88 valence electrons. The van der Waals surface area contributed by atoms with Crippen molar-refractivity contribution in [1.82, 2.24) is 20.1 Å². The number of hydrogen-bond acceptors (Lipinski definition) is 5. The van der Waals surface area contributed by atoms with E-state index in [1.54, 1.807) is 17.8 Å². The Morgan fingerprint density at radius 3 is 3.00 bits per heavy atom. The Morgan fingerprint density at radius 2 is 2.44 bits per heavy atom. The average Bonchev–Trinajstić information content (AvgIpc) is 2.65. The van der Waals surface area contributed by atoms with E-state index in [1.165, 1.54) is 0 Å². The maximum absolute atomic E-state index is 11.2. The molecule has 0 aliphatic heterocycles. The summed E-state index contributed by atoms with van der Waals surface area (Å²) in [6, 6.07) is 0. The lowest BCUT2D eigenvalue weighted by Crippen LogP contribution is -2.22. The molecule has 0 saturated carbocycles. The van der Waals surface area contributed by atoms with Gasteiger partial charge in [0.05, 0.1) is 13.2 Å². The summed E-state index contributed by atoms with van der Waals surface area (Å²) in [6.45, 7) is 6.68. The number of carbonyl (C=O) groups excluding carboxylic acids is 1. The maximum Gasteiger partial charge on any atom is 0.334 e. The molecule has 0 spiro atoms. The molecule has 1 N–H and O–H groups in total. The molecule has 0 amide bonds. The second-order valence-electron chi connectivity index (χ2n) is 3.29. The molecule has 0 aromatic carbocycles. The molecule has 1 heterocycles. The first-order valence-corrected chi connectivity index (χ1v) is 5.03. The normalized spacial score (nSPS) is 10.1. The summed E-state index contributed by atoms with van der Waals surface area (Å²) in [7, 11) is 1.86. The van der Waals surface area contributed by atoms with Crippen molar-refractivity contribution in [2.75, 3.05) is 13.2 Å². The summed E-state index contributed by atoms with van der Waals surface area (Å²) in [5.74, 6) is 0.435. The van der Waals surface area contributed by atoms with Crippen LogP contribution in [0.25, 0.3) is 0 Å². The molecule has 0 radical (unpaired) electrons. The number of esters is 1. The van der Waals surface area contributed by atoms with E-state index in [0.717, 1.165) is 5.82 Å². The van der Waals surface area contributed by atoms with Crippen molar-refractivity contribution in [3.8, 4) is 0 Å². The zero-order chi connectivity index (χ0) is 12.0. The monoisotopic (exact) mass is 224 g/mol. The van der Waals surface area contributed by atoms with Crippen LogP contribution in [0.3, 0.4) is 0 Å². The fraction of sp³-hybridized carbons (Fsp3) is 0.500. The predicted octanol–water partition coefficient (Wildman–Crippen LogP) is 0.0240. The van der Waals surface area contributed by atoms with Gasteiger partial charge in [-0.1, -0.05) is 6.58 Å². The van der Waals surface area contributed by atoms with E-state index in [1.807, 2.05) is 7.05 Å². The van der Waals surface area contributed by atoms with Gasteiger partial charge in [0, 0.05) is 19.2 Å². The number of carbonyl (C=O) groups is 1. The molecule has 0 saturated heterocycles. The van der Waals surface area contributed by atoms with Gasteiger partial charge in [0.2, 0.25) is 0 Å². The molecule has 16 heavy (non-hydrogen) atoms. The number of nitrogens with zero attached hydrogens (tertiary/aromatic N) is 3. The molecule has 6 heteroatoms. The highest BCUT2D eigenvalue weighted by Crippen LogP contribution is 1.95. The van der Waals surface area contributed by atoms with E-state index in [4.69, 9.17) is 4.74 Å². The summed E-state index contributed by atoms with van der Waals surface area (Å²) >= 11 is 0. The Morgan fingerprint density at radius 1 is 1.69 bits per heavy atom. The van der Waals surface area contributed by atoms with E-state index in [9.17, 15) is 4.79 Å². The first kappa shape index (κ1) is 12.4. The number of ether oxygens (including phenoxy) is 1. The first-order valence-electron chi connectivity index (χ1n) is 5.03. The van der Waals surface area contributed by atoms with Crippen LogP contribution in [0, 0.1) is 0 Å². The van der Waals surface area contributed by atoms with Crippen LogP contribution in [-0.2, 0) is 23.1 Å². The van der Waals surface area contributed by atoms with Crippen LogP contribution >= 0.6 is 0 Å². The van der Waals surface area contributed by atoms with E-state index in [0.29, 0.717) is 25.3 Å². The quantitative estimate of drug-likeness (QED) is 0.545. The second kappa shape index (κ2) is 6.02. The molecular formula is C10H16N4O2. The smallest absolute Gasteiger partial charge is 0.334 e. The van der Waals surface area contributed by atoms with Crippen molar-refractivity contribution in [3.05, 3.63) is 24.3 Å². The SMILES string of the molecule is C=C(CNCc1nncn1C)C(=O)OCC. The summed E-state index contributed by atoms with van der Waals surface area (Å²) < 4.78 is 6.61. The van der Waals surface area contributed by atoms with Crippen molar-refractivity contribution in [1.29, 1.82) is 0 Å². The molecule has 0 fully saturated rings. The summed E-state index contributed by atoms with van der Waals surface area (Å²) in [6.07, 6.45) is 1.62. The predicted molar refractivity (Wildman–Crippen MR) is 58.5 cm³/mol. The lowest BCUT2D eigenvalue weighted by Gasteiger charge is -2.06. The minimum atomic E-state index is -0.368. The minimum Gasteiger partial charge on any atom is -0.463 e. The molecule has 1 aromatic rings. The molecular weight excluding hydrogens is 208 g/mol. The van der Waals surface area contributed by atoms with Crippen LogP contribution in [0.15, 0.2) is 18.5 Å². The molecule has 0 aliphatic carbocycles. The molecule has 1 aromatic heterocycles. The van der Waals surface area contributed by atoms with Gasteiger partial charge in [0.25, 0.3) is 0 Å². The van der Waals surface area contributed by atoms with Crippen molar-refractivity contribution < 1.29 is 9.53 Å². The van der Waals surface area contributed by atoms with Gasteiger partial charge in [-0.2, -0.15) is 0 Å². The van der Waals surface area contributed by atoms with Gasteiger partial charge in [0.15, 0.2) is 0 Å². The highest BCUT2D eigenvalue weighted by Gasteiger charge is 2.07. The zero-order valence-corrected chi connectivity index (χ0v) is 9.56. The molecule has 1 rings (SSSR count). The van der Waals surface area contributed by atoms with Crippen LogP contribution < -0.4 is 5.32 Å². The van der Waals surface area contributed by atoms with Crippen LogP contribution in [0.4, 0.5) is 0 Å². The van der Waals surface area contributed by atoms with E-state index >= 15 is 0 Å². The number of aryl methyl sites for hydroxylation is 1. The van der Waals surface area contributed by atoms with Crippen molar-refractivity contribution in [2.45, 2.75) is 13.5 Å². The fourth-order valence-corrected chi connectivity index (χ4v) is 1.10. The third-order valence-electron chi connectivity index (χ3n) is 1.99. The molecule has 0 unspecified atom stereocenters. The molecule has 6 nitrogen and oxygen atoms in total. The standard InChI is InChI=1S/C10H16N4O2/c1-4-16-10(15)8(2)5-11-6-9-13-12-7-14(9)3/h7,11H,2,4-6H2,1,3H3. The largest absolute Gasteiger partial charge is 0.463 e. The number of aromatic nitrogens is 3. The molecule has 0 atom stereocenters. The Labute approximate surface area is 94.3 Å². The zero-order valence-electron chi connectivity index (χ0n) is 9.56. The minimum absolute atomic E-state index is 0.362. The fourth-order valence-electron chi connectivity index (χ4n) is 1.10. The van der Waals surface area contributed by atoms with Gasteiger partial charge in [-0.15, -0.1) is 10.2 Å². The lowest BCUT2D eigenvalue weighted by atomic mass is 10.3. The Bertz CT molecular complexity index is 373. The van der Waals surface area contributed by atoms with Crippen LogP contribution in [-0.4, -0.2) is 33.9 Å². The lowest BCUT2D eigenvalue weighted by molar-refractivity contribution is -0.138. The van der Waals surface area contributed by atoms with Crippen LogP contribution in [0.5, 0.6) is 0 Å². The second-order valence-corrected chi connectivity index (χ2v) is 3.29. The highest BCUT2D eigenvalue weighted by molar-refractivity contribution is 5.88. The van der Waals surface area contributed by atoms with Crippen molar-refractivity contribution in [2.24, 2.45) is 7.05 Å². The van der Waals surface area contributed by atoms with Crippen molar-refractivity contribution >= 4 is 5.97 Å². The third-order valence-corrected chi connectivity index (χ3v) is 1.99. The summed E-state index contributed by atoms with van der Waals surface area (Å²) in [4.78, 5) is 11.2.